The molecule has 9 heteroatoms. The van der Waals surface area contributed by atoms with Crippen LogP contribution in [-0.2, 0) is 151 Å². The molecule has 0 fully saturated rings. The summed E-state index contributed by atoms with van der Waals surface area (Å²) in [4.78, 5) is 0. The van der Waals surface area contributed by atoms with Crippen LogP contribution < -0.4 is 0 Å². The zero-order valence-corrected chi connectivity index (χ0v) is 12.4. The van der Waals surface area contributed by atoms with Gasteiger partial charge in [-0.1, -0.05) is 0 Å². The largest absolute Gasteiger partial charge is 0 e. The third-order valence-corrected chi connectivity index (χ3v) is 0. The minimum absolute atomic E-state index is 0. The van der Waals surface area contributed by atoms with E-state index in [2.05, 4.69) is 0 Å². The molecular formula is Co9. The Hall–Kier alpha value is 4.56. The summed E-state index contributed by atoms with van der Waals surface area (Å²) >= 11 is 0. The van der Waals surface area contributed by atoms with Crippen LogP contribution in [0.4, 0.5) is 0 Å². The number of rotatable bonds is 0. The van der Waals surface area contributed by atoms with Crippen molar-refractivity contribution >= 4 is 0 Å². The molecule has 9 heavy (non-hydrogen) atoms. The van der Waals surface area contributed by atoms with Crippen molar-refractivity contribution in [2.24, 2.45) is 0 Å². The van der Waals surface area contributed by atoms with E-state index < -0.39 is 0 Å². The number of hydrogen-bond donors (Lipinski definition) is 0. The van der Waals surface area contributed by atoms with E-state index in [1.807, 2.05) is 0 Å². The first kappa shape index (κ1) is 103. The van der Waals surface area contributed by atoms with Gasteiger partial charge in [-0.05, 0) is 0 Å². The first-order chi connectivity index (χ1) is 0. The van der Waals surface area contributed by atoms with Gasteiger partial charge in [0, 0.05) is 151 Å². The molecule has 0 saturated carbocycles. The average molecular weight is 530 g/mol. The van der Waals surface area contributed by atoms with Crippen molar-refractivity contribution in [1.29, 1.82) is 0 Å². The summed E-state index contributed by atoms with van der Waals surface area (Å²) in [6.45, 7) is 0. The molecule has 0 aromatic heterocycles. The van der Waals surface area contributed by atoms with Gasteiger partial charge < -0.3 is 0 Å². The van der Waals surface area contributed by atoms with E-state index in [-0.39, 0.29) is 151 Å². The van der Waals surface area contributed by atoms with Crippen LogP contribution in [0.2, 0.25) is 0 Å². The van der Waals surface area contributed by atoms with Gasteiger partial charge in [-0.2, -0.15) is 0 Å². The topological polar surface area (TPSA) is 0 Å². The predicted octanol–water partition coefficient (Wildman–Crippen LogP) is -0.0225. The molecule has 0 spiro atoms. The van der Waals surface area contributed by atoms with Crippen LogP contribution in [-0.4, -0.2) is 0 Å². The first-order valence-corrected chi connectivity index (χ1v) is 0. The Morgan fingerprint density at radius 1 is 0.111 bits per heavy atom. The van der Waals surface area contributed by atoms with Crippen molar-refractivity contribution < 1.29 is 151 Å². The van der Waals surface area contributed by atoms with Gasteiger partial charge in [-0.15, -0.1) is 0 Å². The van der Waals surface area contributed by atoms with E-state index in [4.69, 9.17) is 0 Å². The van der Waals surface area contributed by atoms with Gasteiger partial charge in [0.1, 0.15) is 0 Å². The molecule has 0 amide bonds. The van der Waals surface area contributed by atoms with E-state index in [9.17, 15) is 0 Å². The molecule has 0 aromatic rings. The van der Waals surface area contributed by atoms with Gasteiger partial charge in [0.25, 0.3) is 0 Å². The Kier molecular flexibility index (Phi) is 923. The maximum absolute atomic E-state index is 0. The molecular weight excluding hydrogens is 530 g/mol. The monoisotopic (exact) mass is 530 g/mol. The first-order valence-electron chi connectivity index (χ1n) is 0. The fraction of sp³-hybridized carbons (Fsp3) is 0. The molecule has 0 nitrogen and oxygen atoms in total. The van der Waals surface area contributed by atoms with Crippen molar-refractivity contribution in [3.05, 3.63) is 0 Å². The van der Waals surface area contributed by atoms with Crippen LogP contribution in [0.25, 0.3) is 0 Å². The predicted molar refractivity (Wildman–Crippen MR) is 0 cm³/mol. The Morgan fingerprint density at radius 3 is 0.111 bits per heavy atom. The minimum atomic E-state index is 0. The second-order valence-corrected chi connectivity index (χ2v) is 0. The second-order valence-electron chi connectivity index (χ2n) is 0. The quantitative estimate of drug-likeness (QED) is 0.413. The fourth-order valence-corrected chi connectivity index (χ4v) is 0. The van der Waals surface area contributed by atoms with Crippen LogP contribution >= 0.6 is 0 Å². The molecule has 81 valence electrons. The minimum Gasteiger partial charge on any atom is 0 e. The van der Waals surface area contributed by atoms with Crippen molar-refractivity contribution in [2.45, 2.75) is 0 Å². The summed E-state index contributed by atoms with van der Waals surface area (Å²) in [6.07, 6.45) is 0. The SMILES string of the molecule is [Co].[Co].[Co].[Co].[Co].[Co].[Co].[Co].[Co]. The summed E-state index contributed by atoms with van der Waals surface area (Å²) < 4.78 is 0. The summed E-state index contributed by atoms with van der Waals surface area (Å²) in [6, 6.07) is 0. The molecule has 0 rings (SSSR count). The normalized spacial score (nSPS) is 0. The smallest absolute Gasteiger partial charge is 0 e. The van der Waals surface area contributed by atoms with E-state index in [0.29, 0.717) is 0 Å². The standard InChI is InChI=1S/9Co. The Balaban J connectivity index is 0. The molecule has 0 aliphatic carbocycles. The van der Waals surface area contributed by atoms with E-state index >= 15 is 0 Å². The van der Waals surface area contributed by atoms with Crippen molar-refractivity contribution in [1.82, 2.24) is 0 Å². The molecule has 0 atom stereocenters. The van der Waals surface area contributed by atoms with Crippen LogP contribution in [0.15, 0.2) is 0 Å². The van der Waals surface area contributed by atoms with Gasteiger partial charge in [-0.3, -0.25) is 0 Å². The number of hydrogen-bond acceptors (Lipinski definition) is 0. The second kappa shape index (κ2) is 80.7. The fourth-order valence-electron chi connectivity index (χ4n) is 0. The molecule has 0 unspecified atom stereocenters. The zero-order valence-electron chi connectivity index (χ0n) is 3.00. The summed E-state index contributed by atoms with van der Waals surface area (Å²) in [5.74, 6) is 0. The van der Waals surface area contributed by atoms with Crippen LogP contribution in [0.1, 0.15) is 0 Å². The third-order valence-electron chi connectivity index (χ3n) is 0. The summed E-state index contributed by atoms with van der Waals surface area (Å²) in [5.41, 5.74) is 0. The van der Waals surface area contributed by atoms with Gasteiger partial charge in [0.15, 0.2) is 0 Å². The van der Waals surface area contributed by atoms with E-state index in [1.165, 1.54) is 0 Å². The van der Waals surface area contributed by atoms with Crippen LogP contribution in [0.3, 0.4) is 0 Å². The van der Waals surface area contributed by atoms with Crippen molar-refractivity contribution in [2.75, 3.05) is 0 Å². The Bertz CT molecular complexity index is 0. The summed E-state index contributed by atoms with van der Waals surface area (Å²) in [5, 5.41) is 0. The van der Waals surface area contributed by atoms with Gasteiger partial charge in [0.2, 0.25) is 0 Å². The third kappa shape index (κ3) is 67.4. The average Bonchev–Trinajstić information content (AvgIpc) is 0. The van der Waals surface area contributed by atoms with E-state index in [0.717, 1.165) is 0 Å². The molecule has 0 saturated heterocycles. The zero-order chi connectivity index (χ0) is 0. The molecule has 0 aliphatic rings. The van der Waals surface area contributed by atoms with Crippen LogP contribution in [0.5, 0.6) is 0 Å². The van der Waals surface area contributed by atoms with Gasteiger partial charge in [0.05, 0.1) is 0 Å². The molecule has 0 bridgehead atoms. The molecule has 0 aliphatic heterocycles. The molecule has 0 heterocycles. The van der Waals surface area contributed by atoms with Gasteiger partial charge in [-0.25, -0.2) is 0 Å². The van der Waals surface area contributed by atoms with Crippen molar-refractivity contribution in [3.8, 4) is 0 Å². The van der Waals surface area contributed by atoms with Crippen LogP contribution in [0, 0.1) is 0 Å². The maximum atomic E-state index is 0. The Labute approximate surface area is 148 Å². The molecule has 9 radical (unpaired) electrons. The maximum Gasteiger partial charge on any atom is 0 e. The molecule has 0 N–H and O–H groups in total. The van der Waals surface area contributed by atoms with Gasteiger partial charge >= 0.3 is 0 Å². The summed E-state index contributed by atoms with van der Waals surface area (Å²) in [7, 11) is 0. The molecule has 0 aromatic carbocycles. The van der Waals surface area contributed by atoms with E-state index in [1.54, 1.807) is 0 Å². The Morgan fingerprint density at radius 2 is 0.111 bits per heavy atom. The van der Waals surface area contributed by atoms with Crippen molar-refractivity contribution in [3.63, 3.8) is 0 Å².